The molecule has 2 N–H and O–H groups in total. The van der Waals surface area contributed by atoms with Crippen LogP contribution in [0.3, 0.4) is 0 Å². The minimum Gasteiger partial charge on any atom is -0.464 e. The Balaban J connectivity index is 2.75. The van der Waals surface area contributed by atoms with Gasteiger partial charge in [0.1, 0.15) is 6.07 Å². The highest BCUT2D eigenvalue weighted by Crippen LogP contribution is 2.28. The molecule has 0 unspecified atom stereocenters. The van der Waals surface area contributed by atoms with Gasteiger partial charge < -0.3 is 15.0 Å². The lowest BCUT2D eigenvalue weighted by Gasteiger charge is -2.09. The summed E-state index contributed by atoms with van der Waals surface area (Å²) in [5, 5.41) is 8.49. The van der Waals surface area contributed by atoms with Crippen LogP contribution >= 0.6 is 11.6 Å². The quantitative estimate of drug-likeness (QED) is 0.683. The summed E-state index contributed by atoms with van der Waals surface area (Å²) in [6.07, 6.45) is 1.21. The molecule has 5 nitrogen and oxygen atoms in total. The van der Waals surface area contributed by atoms with Crippen molar-refractivity contribution in [1.29, 1.82) is 5.26 Å². The van der Waals surface area contributed by atoms with E-state index >= 15 is 0 Å². The largest absolute Gasteiger partial charge is 0.464 e. The van der Waals surface area contributed by atoms with Gasteiger partial charge in [-0.05, 0) is 6.07 Å². The van der Waals surface area contributed by atoms with E-state index in [9.17, 15) is 13.6 Å². The Bertz CT molecular complexity index is 757. The van der Waals surface area contributed by atoms with Gasteiger partial charge in [0.25, 0.3) is 0 Å². The summed E-state index contributed by atoms with van der Waals surface area (Å²) in [6.45, 7) is 0. The zero-order valence-electron chi connectivity index (χ0n) is 10.7. The van der Waals surface area contributed by atoms with E-state index in [1.165, 1.54) is 6.20 Å². The van der Waals surface area contributed by atoms with Crippen molar-refractivity contribution in [3.05, 3.63) is 46.2 Å². The second kappa shape index (κ2) is 5.42. The number of hydrogen-bond donors (Lipinski definition) is 1. The first kappa shape index (κ1) is 14.8. The lowest BCUT2D eigenvalue weighted by Crippen LogP contribution is -2.11. The van der Waals surface area contributed by atoms with Crippen LogP contribution in [0.5, 0.6) is 0 Å². The first-order chi connectivity index (χ1) is 9.90. The molecule has 0 aliphatic carbocycles. The Morgan fingerprint density at radius 1 is 1.48 bits per heavy atom. The average Bonchev–Trinajstić information content (AvgIpc) is 2.80. The van der Waals surface area contributed by atoms with E-state index in [2.05, 4.69) is 4.74 Å². The highest BCUT2D eigenvalue weighted by molar-refractivity contribution is 6.30. The molecule has 2 aromatic rings. The summed E-state index contributed by atoms with van der Waals surface area (Å²) in [5.41, 5.74) is 5.43. The van der Waals surface area contributed by atoms with Crippen molar-refractivity contribution in [2.45, 2.75) is 0 Å². The number of anilines is 1. The third-order valence-corrected chi connectivity index (χ3v) is 3.07. The summed E-state index contributed by atoms with van der Waals surface area (Å²) in [7, 11) is 1.13. The van der Waals surface area contributed by atoms with Gasteiger partial charge in [-0.2, -0.15) is 5.26 Å². The molecular formula is C13H8ClF2N3O2. The highest BCUT2D eigenvalue weighted by atomic mass is 35.5. The molecule has 1 aromatic carbocycles. The summed E-state index contributed by atoms with van der Waals surface area (Å²) in [5.74, 6) is -3.23. The molecule has 0 saturated carbocycles. The highest BCUT2D eigenvalue weighted by Gasteiger charge is 2.22. The summed E-state index contributed by atoms with van der Waals surface area (Å²) >= 11 is 5.57. The van der Waals surface area contributed by atoms with Gasteiger partial charge >= 0.3 is 5.97 Å². The molecule has 0 atom stereocenters. The molecule has 2 rings (SSSR count). The van der Waals surface area contributed by atoms with E-state index in [0.29, 0.717) is 0 Å². The maximum absolute atomic E-state index is 13.4. The van der Waals surface area contributed by atoms with Gasteiger partial charge in [-0.25, -0.2) is 13.6 Å². The number of hydrogen-bond acceptors (Lipinski definition) is 4. The van der Waals surface area contributed by atoms with Crippen LogP contribution in [0.25, 0.3) is 5.69 Å². The average molecular weight is 312 g/mol. The predicted octanol–water partition coefficient (Wildman–Crippen LogP) is 2.65. The number of carbonyl (C=O) groups excluding carboxylic acids is 1. The molecule has 0 spiro atoms. The third kappa shape index (κ3) is 2.41. The third-order valence-electron chi connectivity index (χ3n) is 2.79. The van der Waals surface area contributed by atoms with Gasteiger partial charge in [0.2, 0.25) is 0 Å². The minimum atomic E-state index is -1.21. The summed E-state index contributed by atoms with van der Waals surface area (Å²) in [4.78, 5) is 11.8. The number of nitrogens with two attached hydrogens (primary N) is 1. The Kier molecular flexibility index (Phi) is 3.82. The van der Waals surface area contributed by atoms with E-state index in [4.69, 9.17) is 22.6 Å². The van der Waals surface area contributed by atoms with E-state index < -0.39 is 22.6 Å². The van der Waals surface area contributed by atoms with Crippen LogP contribution in [0.2, 0.25) is 5.02 Å². The van der Waals surface area contributed by atoms with E-state index in [1.54, 1.807) is 6.07 Å². The molecule has 8 heteroatoms. The first-order valence-corrected chi connectivity index (χ1v) is 5.92. The lowest BCUT2D eigenvalue weighted by atomic mass is 10.2. The van der Waals surface area contributed by atoms with Gasteiger partial charge in [0.15, 0.2) is 17.3 Å². The summed E-state index contributed by atoms with van der Waals surface area (Å²) < 4.78 is 32.4. The van der Waals surface area contributed by atoms with Crippen LogP contribution in [0.15, 0.2) is 18.3 Å². The number of carbonyl (C=O) groups is 1. The Hall–Kier alpha value is -2.59. The number of rotatable bonds is 2. The smallest absolute Gasteiger partial charge is 0.357 e. The topological polar surface area (TPSA) is 81.0 Å². The number of nitriles is 1. The molecule has 0 aliphatic rings. The van der Waals surface area contributed by atoms with E-state index in [1.807, 2.05) is 0 Å². The van der Waals surface area contributed by atoms with Gasteiger partial charge in [0.05, 0.1) is 29.1 Å². The molecule has 0 bridgehead atoms. The number of benzene rings is 1. The van der Waals surface area contributed by atoms with Crippen LogP contribution in [0, 0.1) is 23.0 Å². The maximum Gasteiger partial charge on any atom is 0.357 e. The Morgan fingerprint density at radius 2 is 2.14 bits per heavy atom. The molecular weight excluding hydrogens is 304 g/mol. The monoisotopic (exact) mass is 311 g/mol. The van der Waals surface area contributed by atoms with Crippen LogP contribution in [0.1, 0.15) is 16.1 Å². The van der Waals surface area contributed by atoms with Crippen LogP contribution in [-0.4, -0.2) is 17.6 Å². The molecule has 0 amide bonds. The second-order valence-electron chi connectivity index (χ2n) is 4.00. The van der Waals surface area contributed by atoms with Crippen molar-refractivity contribution < 1.29 is 18.3 Å². The van der Waals surface area contributed by atoms with Gasteiger partial charge in [-0.3, -0.25) is 0 Å². The van der Waals surface area contributed by atoms with Gasteiger partial charge in [-0.15, -0.1) is 0 Å². The molecule has 0 saturated heterocycles. The lowest BCUT2D eigenvalue weighted by molar-refractivity contribution is 0.0593. The molecule has 0 radical (unpaired) electrons. The number of aromatic nitrogens is 1. The van der Waals surface area contributed by atoms with Gasteiger partial charge in [0, 0.05) is 12.3 Å². The van der Waals surface area contributed by atoms with Crippen LogP contribution in [0.4, 0.5) is 14.5 Å². The molecule has 1 heterocycles. The predicted molar refractivity (Wildman–Crippen MR) is 71.2 cm³/mol. The zero-order chi connectivity index (χ0) is 15.7. The molecule has 0 aliphatic heterocycles. The van der Waals surface area contributed by atoms with Gasteiger partial charge in [-0.1, -0.05) is 11.6 Å². The number of methoxy groups -OCH3 is 1. The van der Waals surface area contributed by atoms with Crippen molar-refractivity contribution in [2.24, 2.45) is 0 Å². The standard InChI is InChI=1S/C13H8ClF2N3O2/c1-21-13(20)12-11(18)6(4-17)5-19(12)7-2-8(14)10(16)9(15)3-7/h2-3,5H,18H2,1H3. The first-order valence-electron chi connectivity index (χ1n) is 5.54. The molecule has 21 heavy (non-hydrogen) atoms. The van der Waals surface area contributed by atoms with E-state index in [-0.39, 0.29) is 22.6 Å². The van der Waals surface area contributed by atoms with E-state index in [0.717, 1.165) is 23.8 Å². The summed E-state index contributed by atoms with van der Waals surface area (Å²) in [6, 6.07) is 3.72. The van der Waals surface area contributed by atoms with Crippen molar-refractivity contribution >= 4 is 23.3 Å². The normalized spacial score (nSPS) is 10.2. The molecule has 0 fully saturated rings. The van der Waals surface area contributed by atoms with Crippen LogP contribution in [-0.2, 0) is 4.74 Å². The van der Waals surface area contributed by atoms with Crippen molar-refractivity contribution in [3.63, 3.8) is 0 Å². The fourth-order valence-corrected chi connectivity index (χ4v) is 2.00. The number of ether oxygens (including phenoxy) is 1. The van der Waals surface area contributed by atoms with Crippen LogP contribution < -0.4 is 5.73 Å². The maximum atomic E-state index is 13.4. The molecule has 1 aromatic heterocycles. The Labute approximate surface area is 123 Å². The molecule has 108 valence electrons. The Morgan fingerprint density at radius 3 is 2.67 bits per heavy atom. The SMILES string of the molecule is COC(=O)c1c(N)c(C#N)cn1-c1cc(F)c(F)c(Cl)c1. The fourth-order valence-electron chi connectivity index (χ4n) is 1.80. The number of halogens is 3. The number of esters is 1. The zero-order valence-corrected chi connectivity index (χ0v) is 11.4. The fraction of sp³-hybridized carbons (Fsp3) is 0.0769. The number of nitrogen functional groups attached to an aromatic ring is 1. The second-order valence-corrected chi connectivity index (χ2v) is 4.41. The minimum absolute atomic E-state index is 0.00347. The van der Waals surface area contributed by atoms with Crippen molar-refractivity contribution in [2.75, 3.05) is 12.8 Å². The van der Waals surface area contributed by atoms with Crippen molar-refractivity contribution in [1.82, 2.24) is 4.57 Å². The number of nitrogens with zero attached hydrogens (tertiary/aromatic N) is 2. The van der Waals surface area contributed by atoms with Crippen molar-refractivity contribution in [3.8, 4) is 11.8 Å².